The van der Waals surface area contributed by atoms with Gasteiger partial charge >= 0.3 is 0 Å². The summed E-state index contributed by atoms with van der Waals surface area (Å²) in [4.78, 5) is -7.14. The third-order valence-electron chi connectivity index (χ3n) is 13.2. The molecular weight excluding hydrogens is 1420 g/mol. The van der Waals surface area contributed by atoms with Crippen molar-refractivity contribution in [3.05, 3.63) is 121 Å². The molecule has 13 N–H and O–H groups in total. The number of fused-ring (bicyclic) bond motifs is 5. The van der Waals surface area contributed by atoms with E-state index in [2.05, 4.69) is 59.7 Å². The summed E-state index contributed by atoms with van der Waals surface area (Å²) >= 11 is 0.124. The number of azo groups is 4. The van der Waals surface area contributed by atoms with Gasteiger partial charge in [-0.3, -0.25) is 27.3 Å². The standard InChI is InChI=1S/C50H33N9O27S8/c51-41-40-24(16-35(87-85-83-63)42(41)56-54-33-11-9-29-31(49(33)93(77,78)79)19-36(88-86-84-64)43(46(29)60)57-53-26-14-23-3-1-2-4-28(23)37(18-26)90(68,69)70)17-38(91(71,72)73)45(48(40)62)59-55-34-12-10-30-32(50(34)94(80,81)82)20-39(92(74,75)76)44(47(30)61)58-52-25-7-5-22-15-27(89(65,66)67)8-6-21(22)13-25/h1-20,60-64H,51H2,(H,65,66,67)(H,68,69,70)(H,71,72,73)(H,74,75,76)(H,77,78,79)(H,80,81,82). The zero-order chi connectivity index (χ0) is 68.4. The highest BCUT2D eigenvalue weighted by atomic mass is 32.2. The van der Waals surface area contributed by atoms with Gasteiger partial charge in [0, 0.05) is 26.9 Å². The fraction of sp³-hybridized carbons (Fsp3) is 0. The van der Waals surface area contributed by atoms with E-state index >= 15 is 0 Å². The molecule has 0 aromatic heterocycles. The highest BCUT2D eigenvalue weighted by molar-refractivity contribution is 7.95. The minimum absolute atomic E-state index is 0.0472. The maximum Gasteiger partial charge on any atom is 0.297 e. The first-order valence-electron chi connectivity index (χ1n) is 24.6. The lowest BCUT2D eigenvalue weighted by molar-refractivity contribution is -0.432. The largest absolute Gasteiger partial charge is 0.505 e. The van der Waals surface area contributed by atoms with E-state index in [0.717, 1.165) is 48.5 Å². The van der Waals surface area contributed by atoms with E-state index < -0.39 is 189 Å². The van der Waals surface area contributed by atoms with E-state index in [1.54, 1.807) is 6.07 Å². The average Bonchev–Trinajstić information content (AvgIpc) is 0.755. The Hall–Kier alpha value is -8.98. The molecule has 0 heterocycles. The van der Waals surface area contributed by atoms with Crippen molar-refractivity contribution in [1.29, 1.82) is 0 Å². The average molecular weight is 1450 g/mol. The number of rotatable bonds is 20. The summed E-state index contributed by atoms with van der Waals surface area (Å²) in [5, 5.41) is 88.4. The number of benzene rings is 10. The summed E-state index contributed by atoms with van der Waals surface area (Å²) in [5.41, 5.74) is 0.0534. The van der Waals surface area contributed by atoms with Crippen LogP contribution < -0.4 is 5.73 Å². The van der Waals surface area contributed by atoms with Crippen LogP contribution >= 0.6 is 24.1 Å². The molecule has 0 amide bonds. The van der Waals surface area contributed by atoms with Crippen molar-refractivity contribution in [2.75, 3.05) is 5.73 Å². The third kappa shape index (κ3) is 13.7. The molecule has 0 radical (unpaired) electrons. The number of nitrogen functional groups attached to an aromatic ring is 1. The Morgan fingerprint density at radius 2 is 0.840 bits per heavy atom. The predicted octanol–water partition coefficient (Wildman–Crippen LogP) is 12.1. The summed E-state index contributed by atoms with van der Waals surface area (Å²) in [6.07, 6.45) is 0. The van der Waals surface area contributed by atoms with Gasteiger partial charge in [-0.25, -0.2) is 10.5 Å². The number of anilines is 1. The number of phenols is 3. The van der Waals surface area contributed by atoms with Crippen molar-refractivity contribution in [3.63, 3.8) is 0 Å². The molecule has 0 fully saturated rings. The van der Waals surface area contributed by atoms with Gasteiger partial charge in [-0.2, -0.15) is 60.7 Å². The van der Waals surface area contributed by atoms with Gasteiger partial charge in [0.2, 0.25) is 0 Å². The molecule has 0 spiro atoms. The minimum atomic E-state index is -5.72. The molecule has 10 aromatic rings. The van der Waals surface area contributed by atoms with Crippen LogP contribution in [0.3, 0.4) is 0 Å². The van der Waals surface area contributed by atoms with Gasteiger partial charge in [-0.05, 0) is 106 Å². The molecule has 94 heavy (non-hydrogen) atoms. The molecule has 0 aliphatic carbocycles. The van der Waals surface area contributed by atoms with Crippen molar-refractivity contribution in [3.8, 4) is 17.2 Å². The maximum atomic E-state index is 13.3. The van der Waals surface area contributed by atoms with E-state index in [1.165, 1.54) is 48.5 Å². The van der Waals surface area contributed by atoms with Crippen LogP contribution in [-0.2, 0) is 79.5 Å². The molecule has 488 valence electrons. The highest BCUT2D eigenvalue weighted by Gasteiger charge is 2.31. The van der Waals surface area contributed by atoms with Gasteiger partial charge in [0.25, 0.3) is 60.7 Å². The molecule has 0 saturated heterocycles. The van der Waals surface area contributed by atoms with Gasteiger partial charge in [0.15, 0.2) is 17.2 Å². The Kier molecular flexibility index (Phi) is 18.3. The first kappa shape index (κ1) is 67.9. The van der Waals surface area contributed by atoms with Crippen molar-refractivity contribution >= 4 is 190 Å². The molecule has 0 saturated carbocycles. The first-order valence-corrected chi connectivity index (χ1v) is 34.8. The fourth-order valence-electron chi connectivity index (χ4n) is 9.38. The molecule has 0 aliphatic rings. The highest BCUT2D eigenvalue weighted by Crippen LogP contribution is 2.53. The second-order valence-corrected chi connectivity index (χ2v) is 28.7. The fourth-order valence-corrected chi connectivity index (χ4v) is 14.6. The Morgan fingerprint density at radius 1 is 0.362 bits per heavy atom. The summed E-state index contributed by atoms with van der Waals surface area (Å²) in [6, 6.07) is 21.7. The molecular formula is C50H33N9O27S8. The molecule has 0 aliphatic heterocycles. The molecule has 10 rings (SSSR count). The lowest BCUT2D eigenvalue weighted by atomic mass is 10.0. The molecule has 10 aromatic carbocycles. The monoisotopic (exact) mass is 1450 g/mol. The third-order valence-corrected chi connectivity index (χ3v) is 19.9. The van der Waals surface area contributed by atoms with E-state index in [9.17, 15) is 93.1 Å². The smallest absolute Gasteiger partial charge is 0.297 e. The van der Waals surface area contributed by atoms with Crippen LogP contribution in [0.1, 0.15) is 0 Å². The second-order valence-electron chi connectivity index (χ2n) is 18.9. The van der Waals surface area contributed by atoms with Crippen LogP contribution in [0.4, 0.5) is 51.2 Å². The van der Waals surface area contributed by atoms with E-state index in [1.807, 2.05) is 0 Å². The van der Waals surface area contributed by atoms with Crippen molar-refractivity contribution < 1.29 is 122 Å². The SMILES string of the molecule is Nc1c(N=Nc2ccc3c(O)c(N=Nc4cc(S(=O)(=O)O)c5ccccc5c4)c(SOOO)cc3c2S(=O)(=O)O)c(SOOO)cc2cc(S(=O)(=O)O)c(N=Nc3ccc4c(O)c(N=Nc5ccc6cc(S(=O)(=O)O)ccc6c5)c(S(=O)(=O)O)cc4c3S(=O)(=O)O)c(O)c12. The van der Waals surface area contributed by atoms with Crippen LogP contribution in [0, 0.1) is 0 Å². The van der Waals surface area contributed by atoms with Crippen LogP contribution in [0.15, 0.2) is 201 Å². The number of aromatic hydroxyl groups is 3. The van der Waals surface area contributed by atoms with Crippen molar-refractivity contribution in [1.82, 2.24) is 0 Å². The second kappa shape index (κ2) is 25.4. The van der Waals surface area contributed by atoms with E-state index in [-0.39, 0.29) is 51.6 Å². The minimum Gasteiger partial charge on any atom is -0.505 e. The maximum absolute atomic E-state index is 13.3. The molecule has 0 unspecified atom stereocenters. The Labute approximate surface area is 533 Å². The van der Waals surface area contributed by atoms with Gasteiger partial charge in [0.05, 0.1) is 61.2 Å². The Bertz CT molecular complexity index is 5790. The van der Waals surface area contributed by atoms with Crippen molar-refractivity contribution in [2.24, 2.45) is 40.9 Å². The van der Waals surface area contributed by atoms with E-state index in [4.69, 9.17) is 16.2 Å². The number of nitrogens with two attached hydrogens (primary N) is 1. The lowest BCUT2D eigenvalue weighted by Gasteiger charge is -2.15. The summed E-state index contributed by atoms with van der Waals surface area (Å²) < 4.78 is 223. The molecule has 44 heteroatoms. The number of hydrogen-bond acceptors (Lipinski definition) is 32. The molecule has 36 nitrogen and oxygen atoms in total. The Morgan fingerprint density at radius 3 is 1.41 bits per heavy atom. The van der Waals surface area contributed by atoms with E-state index in [0.29, 0.717) is 23.6 Å². The number of phenolic OH excluding ortho intramolecular Hbond substituents is 3. The first-order chi connectivity index (χ1) is 44.0. The summed E-state index contributed by atoms with van der Waals surface area (Å²) in [7, 11) is -31.9. The number of nitrogens with zero attached hydrogens (tertiary/aromatic N) is 8. The van der Waals surface area contributed by atoms with Gasteiger partial charge < -0.3 is 21.1 Å². The normalized spacial score (nSPS) is 13.2. The zero-order valence-corrected chi connectivity index (χ0v) is 52.0. The van der Waals surface area contributed by atoms with Crippen LogP contribution in [0.5, 0.6) is 17.2 Å². The predicted molar refractivity (Wildman–Crippen MR) is 326 cm³/mol. The van der Waals surface area contributed by atoms with Gasteiger partial charge in [0.1, 0.15) is 58.6 Å². The van der Waals surface area contributed by atoms with Crippen molar-refractivity contribution in [2.45, 2.75) is 39.2 Å². The topological polar surface area (TPSA) is 589 Å². The molecule has 0 atom stereocenters. The zero-order valence-electron chi connectivity index (χ0n) is 45.4. The Balaban J connectivity index is 1.09. The lowest BCUT2D eigenvalue weighted by Crippen LogP contribution is -2.03. The van der Waals surface area contributed by atoms with Gasteiger partial charge in [-0.15, -0.1) is 39.4 Å². The summed E-state index contributed by atoms with van der Waals surface area (Å²) in [5.74, 6) is -3.47. The van der Waals surface area contributed by atoms with Crippen LogP contribution in [-0.4, -0.2) is 104 Å². The number of hydrogen-bond donors (Lipinski definition) is 12. The van der Waals surface area contributed by atoms with Crippen LogP contribution in [0.25, 0.3) is 53.9 Å². The molecule has 0 bridgehead atoms. The van der Waals surface area contributed by atoms with Gasteiger partial charge in [-0.1, -0.05) is 46.5 Å². The van der Waals surface area contributed by atoms with Crippen LogP contribution in [0.2, 0.25) is 0 Å². The summed E-state index contributed by atoms with van der Waals surface area (Å²) in [6.45, 7) is 0. The quantitative estimate of drug-likeness (QED) is 0.00842.